The lowest BCUT2D eigenvalue weighted by Gasteiger charge is -2.16. The number of aromatic hydroxyl groups is 4. The van der Waals surface area contributed by atoms with Crippen LogP contribution in [0.3, 0.4) is 0 Å². The molecular weight excluding hydrogens is 356 g/mol. The predicted octanol–water partition coefficient (Wildman–Crippen LogP) is 1.54. The minimum absolute atomic E-state index is 0.164. The van der Waals surface area contributed by atoms with Crippen LogP contribution in [-0.4, -0.2) is 37.4 Å². The van der Waals surface area contributed by atoms with Gasteiger partial charge in [0, 0.05) is 6.42 Å². The van der Waals surface area contributed by atoms with E-state index >= 15 is 0 Å². The summed E-state index contributed by atoms with van der Waals surface area (Å²) in [5, 5.41) is 40.4. The van der Waals surface area contributed by atoms with Gasteiger partial charge in [-0.3, -0.25) is 4.79 Å². The number of amides is 1. The molecule has 0 aliphatic heterocycles. The van der Waals surface area contributed by atoms with Crippen molar-refractivity contribution in [3.63, 3.8) is 0 Å². The Labute approximate surface area is 155 Å². The van der Waals surface area contributed by atoms with Crippen LogP contribution < -0.4 is 11.1 Å². The number of carbonyl (C=O) groups excluding carboxylic acids is 1. The van der Waals surface area contributed by atoms with E-state index in [2.05, 4.69) is 5.32 Å². The van der Waals surface area contributed by atoms with E-state index in [1.165, 1.54) is 30.3 Å². The summed E-state index contributed by atoms with van der Waals surface area (Å²) >= 11 is 5.16. The van der Waals surface area contributed by atoms with Crippen LogP contribution in [0.15, 0.2) is 42.5 Å². The summed E-state index contributed by atoms with van der Waals surface area (Å²) in [6.07, 6.45) is 3.28. The van der Waals surface area contributed by atoms with E-state index in [0.29, 0.717) is 11.1 Å². The molecule has 8 heteroatoms. The molecule has 0 bridgehead atoms. The van der Waals surface area contributed by atoms with Crippen LogP contribution in [0.2, 0.25) is 0 Å². The Kier molecular flexibility index (Phi) is 6.03. The second kappa shape index (κ2) is 8.21. The quantitative estimate of drug-likeness (QED) is 0.256. The first-order valence-electron chi connectivity index (χ1n) is 7.57. The predicted molar refractivity (Wildman–Crippen MR) is 101 cm³/mol. The van der Waals surface area contributed by atoms with Crippen LogP contribution in [0.4, 0.5) is 0 Å². The second-order valence-electron chi connectivity index (χ2n) is 5.57. The molecular formula is C18H18N2O5S. The average Bonchev–Trinajstić information content (AvgIpc) is 2.58. The first-order valence-corrected chi connectivity index (χ1v) is 7.98. The molecule has 0 heterocycles. The van der Waals surface area contributed by atoms with Crippen molar-refractivity contribution in [3.05, 3.63) is 53.6 Å². The lowest BCUT2D eigenvalue weighted by Crippen LogP contribution is -2.44. The number of carbonyl (C=O) groups is 1. The molecule has 0 saturated heterocycles. The van der Waals surface area contributed by atoms with Gasteiger partial charge in [0.25, 0.3) is 0 Å². The number of hydrogen-bond donors (Lipinski definition) is 6. The summed E-state index contributed by atoms with van der Waals surface area (Å²) < 4.78 is 0. The van der Waals surface area contributed by atoms with Gasteiger partial charge in [-0.05, 0) is 41.5 Å². The first kappa shape index (κ1) is 19.1. The van der Waals surface area contributed by atoms with Crippen LogP contribution in [0, 0.1) is 0 Å². The molecule has 1 unspecified atom stereocenters. The summed E-state index contributed by atoms with van der Waals surface area (Å²) in [6, 6.07) is 7.69. The second-order valence-corrected chi connectivity index (χ2v) is 6.01. The zero-order chi connectivity index (χ0) is 19.3. The topological polar surface area (TPSA) is 136 Å². The fourth-order valence-corrected chi connectivity index (χ4v) is 2.40. The Morgan fingerprint density at radius 1 is 1.04 bits per heavy atom. The van der Waals surface area contributed by atoms with Gasteiger partial charge in [-0.1, -0.05) is 30.4 Å². The summed E-state index contributed by atoms with van der Waals surface area (Å²) in [7, 11) is 0. The van der Waals surface area contributed by atoms with Gasteiger partial charge < -0.3 is 31.5 Å². The van der Waals surface area contributed by atoms with Crippen LogP contribution in [0.1, 0.15) is 11.1 Å². The average molecular weight is 374 g/mol. The number of primary amides is 1. The monoisotopic (exact) mass is 374 g/mol. The zero-order valence-electron chi connectivity index (χ0n) is 13.6. The highest BCUT2D eigenvalue weighted by molar-refractivity contribution is 7.80. The minimum atomic E-state index is -0.815. The number of hydrogen-bond acceptors (Lipinski definition) is 6. The van der Waals surface area contributed by atoms with E-state index < -0.39 is 11.9 Å². The number of nitrogens with one attached hydrogen (secondary N) is 1. The van der Waals surface area contributed by atoms with Gasteiger partial charge in [0.15, 0.2) is 23.0 Å². The number of phenols is 4. The lowest BCUT2D eigenvalue weighted by atomic mass is 10.0. The zero-order valence-corrected chi connectivity index (χ0v) is 14.4. The van der Waals surface area contributed by atoms with Crippen LogP contribution in [0.5, 0.6) is 23.0 Å². The van der Waals surface area contributed by atoms with Crippen LogP contribution in [0.25, 0.3) is 6.08 Å². The minimum Gasteiger partial charge on any atom is -0.504 e. The largest absolute Gasteiger partial charge is 0.504 e. The first-order chi connectivity index (χ1) is 12.3. The molecule has 1 atom stereocenters. The van der Waals surface area contributed by atoms with E-state index in [9.17, 15) is 25.2 Å². The van der Waals surface area contributed by atoms with E-state index in [1.807, 2.05) is 0 Å². The highest BCUT2D eigenvalue weighted by Gasteiger charge is 2.17. The van der Waals surface area contributed by atoms with Crippen molar-refractivity contribution in [3.8, 4) is 23.0 Å². The molecule has 136 valence electrons. The number of benzene rings is 2. The maximum Gasteiger partial charge on any atom is 0.240 e. The Balaban J connectivity index is 2.05. The molecule has 0 spiro atoms. The smallest absolute Gasteiger partial charge is 0.240 e. The summed E-state index contributed by atoms with van der Waals surface area (Å²) in [5.41, 5.74) is 6.58. The summed E-state index contributed by atoms with van der Waals surface area (Å²) in [6.45, 7) is 0. The standard InChI is InChI=1S/C18H18N2O5S/c19-18(25)12(7-11-2-5-14(22)16(24)9-11)20-17(26)6-3-10-1-4-13(21)15(23)8-10/h1-6,8-9,12,21-24H,7H2,(H2,19,25)(H,20,26). The summed E-state index contributed by atoms with van der Waals surface area (Å²) in [4.78, 5) is 11.9. The van der Waals surface area contributed by atoms with Crippen molar-refractivity contribution in [2.45, 2.75) is 12.5 Å². The highest BCUT2D eigenvalue weighted by atomic mass is 32.1. The molecule has 7 nitrogen and oxygen atoms in total. The Morgan fingerprint density at radius 2 is 1.65 bits per heavy atom. The van der Waals surface area contributed by atoms with Crippen molar-refractivity contribution in [1.82, 2.24) is 5.32 Å². The molecule has 2 aromatic rings. The SMILES string of the molecule is NC(=O)C(Cc1ccc(O)c(O)c1)NC(=S)C=Cc1ccc(O)c(O)c1. The van der Waals surface area contributed by atoms with Gasteiger partial charge >= 0.3 is 0 Å². The van der Waals surface area contributed by atoms with Gasteiger partial charge in [-0.15, -0.1) is 0 Å². The van der Waals surface area contributed by atoms with Gasteiger partial charge in [0.2, 0.25) is 5.91 Å². The molecule has 0 aliphatic carbocycles. The third-order valence-corrected chi connectivity index (χ3v) is 3.82. The van der Waals surface area contributed by atoms with Crippen molar-refractivity contribution >= 4 is 29.2 Å². The highest BCUT2D eigenvalue weighted by Crippen LogP contribution is 2.26. The fourth-order valence-electron chi connectivity index (χ4n) is 2.19. The number of nitrogens with two attached hydrogens (primary N) is 1. The van der Waals surface area contributed by atoms with E-state index in [-0.39, 0.29) is 34.4 Å². The van der Waals surface area contributed by atoms with Gasteiger partial charge in [0.05, 0.1) is 4.99 Å². The molecule has 1 amide bonds. The van der Waals surface area contributed by atoms with Crippen LogP contribution in [-0.2, 0) is 11.2 Å². The molecule has 0 aliphatic rings. The Hall–Kier alpha value is -3.26. The van der Waals surface area contributed by atoms with Crippen molar-refractivity contribution in [2.75, 3.05) is 0 Å². The van der Waals surface area contributed by atoms with E-state index in [0.717, 1.165) is 0 Å². The molecule has 0 radical (unpaired) electrons. The van der Waals surface area contributed by atoms with Gasteiger partial charge in [0.1, 0.15) is 6.04 Å². The number of thiocarbonyl (C=S) groups is 1. The normalized spacial score (nSPS) is 12.0. The number of rotatable bonds is 6. The van der Waals surface area contributed by atoms with Crippen molar-refractivity contribution in [1.29, 1.82) is 0 Å². The van der Waals surface area contributed by atoms with Gasteiger partial charge in [-0.2, -0.15) is 0 Å². The molecule has 26 heavy (non-hydrogen) atoms. The van der Waals surface area contributed by atoms with Crippen LogP contribution >= 0.6 is 12.2 Å². The van der Waals surface area contributed by atoms with E-state index in [4.69, 9.17) is 18.0 Å². The third-order valence-electron chi connectivity index (χ3n) is 3.57. The van der Waals surface area contributed by atoms with E-state index in [1.54, 1.807) is 18.2 Å². The third kappa shape index (κ3) is 5.12. The maximum absolute atomic E-state index is 11.7. The Bertz CT molecular complexity index is 867. The molecule has 0 aromatic heterocycles. The Morgan fingerprint density at radius 3 is 2.23 bits per heavy atom. The maximum atomic E-state index is 11.7. The van der Waals surface area contributed by atoms with Crippen molar-refractivity contribution < 1.29 is 25.2 Å². The molecule has 0 fully saturated rings. The molecule has 2 aromatic carbocycles. The van der Waals surface area contributed by atoms with Gasteiger partial charge in [-0.25, -0.2) is 0 Å². The molecule has 2 rings (SSSR count). The van der Waals surface area contributed by atoms with Crippen molar-refractivity contribution in [2.24, 2.45) is 5.73 Å². The molecule has 0 saturated carbocycles. The summed E-state index contributed by atoms with van der Waals surface area (Å²) in [5.74, 6) is -1.66. The number of phenolic OH excluding ortho intramolecular Hbond substituents is 4. The lowest BCUT2D eigenvalue weighted by molar-refractivity contribution is -0.119. The molecule has 7 N–H and O–H groups in total. The fraction of sp³-hybridized carbons (Fsp3) is 0.111.